The summed E-state index contributed by atoms with van der Waals surface area (Å²) in [6.45, 7) is 0. The first kappa shape index (κ1) is 14.4. The maximum atomic E-state index is 12.6. The minimum atomic E-state index is -4.62. The largest absolute Gasteiger partial charge is 0.478 e. The molecule has 0 saturated heterocycles. The third-order valence-electron chi connectivity index (χ3n) is 2.28. The Labute approximate surface area is 115 Å². The molecule has 0 radical (unpaired) electrons. The molecule has 0 aliphatic heterocycles. The molecular formula is C11H8F3N3O2S. The van der Waals surface area contributed by atoms with E-state index in [1.165, 1.54) is 10.9 Å². The van der Waals surface area contributed by atoms with Crippen molar-refractivity contribution in [2.45, 2.75) is 16.1 Å². The number of rotatable bonds is 3. The fraction of sp³-hybridized carbons (Fsp3) is 0.182. The molecule has 2 rings (SSSR count). The molecule has 2 aromatic rings. The van der Waals surface area contributed by atoms with Gasteiger partial charge in [-0.1, -0.05) is 11.8 Å². The molecule has 0 aliphatic rings. The van der Waals surface area contributed by atoms with Crippen LogP contribution in [0.15, 0.2) is 34.4 Å². The standard InChI is InChI=1S/C11H8F3N3O2S/c1-17-5-6(4-15-17)20-9-7(10(18)19)2-3-8(16-9)11(12,13)14/h2-5H,1H3,(H,18,19). The molecule has 1 N–H and O–H groups in total. The summed E-state index contributed by atoms with van der Waals surface area (Å²) in [4.78, 5) is 14.9. The highest BCUT2D eigenvalue weighted by atomic mass is 32.2. The number of hydrogen-bond acceptors (Lipinski definition) is 4. The van der Waals surface area contributed by atoms with E-state index in [9.17, 15) is 18.0 Å². The van der Waals surface area contributed by atoms with Crippen molar-refractivity contribution in [3.05, 3.63) is 35.8 Å². The van der Waals surface area contributed by atoms with E-state index in [4.69, 9.17) is 5.11 Å². The van der Waals surface area contributed by atoms with Crippen LogP contribution in [0.3, 0.4) is 0 Å². The first-order valence-electron chi connectivity index (χ1n) is 5.25. The molecule has 0 fully saturated rings. The average molecular weight is 303 g/mol. The van der Waals surface area contributed by atoms with Gasteiger partial charge in [0.1, 0.15) is 10.7 Å². The molecule has 0 atom stereocenters. The maximum Gasteiger partial charge on any atom is 0.433 e. The Bertz CT molecular complexity index is 655. The minimum Gasteiger partial charge on any atom is -0.478 e. The van der Waals surface area contributed by atoms with E-state index in [-0.39, 0.29) is 10.6 Å². The predicted molar refractivity (Wildman–Crippen MR) is 63.5 cm³/mol. The van der Waals surface area contributed by atoms with Gasteiger partial charge in [0.15, 0.2) is 0 Å². The monoisotopic (exact) mass is 303 g/mol. The third-order valence-corrected chi connectivity index (χ3v) is 3.23. The number of hydrogen-bond donors (Lipinski definition) is 1. The lowest BCUT2D eigenvalue weighted by Crippen LogP contribution is -2.11. The van der Waals surface area contributed by atoms with Crippen molar-refractivity contribution in [2.24, 2.45) is 7.05 Å². The number of aromatic nitrogens is 3. The highest BCUT2D eigenvalue weighted by Gasteiger charge is 2.33. The van der Waals surface area contributed by atoms with Crippen LogP contribution in [0.25, 0.3) is 0 Å². The topological polar surface area (TPSA) is 68.0 Å². The van der Waals surface area contributed by atoms with Gasteiger partial charge in [0, 0.05) is 13.2 Å². The van der Waals surface area contributed by atoms with Crippen LogP contribution < -0.4 is 0 Å². The summed E-state index contributed by atoms with van der Waals surface area (Å²) in [6.07, 6.45) is -1.66. The molecule has 0 spiro atoms. The number of alkyl halides is 3. The van der Waals surface area contributed by atoms with E-state index < -0.39 is 17.8 Å². The molecule has 0 unspecified atom stereocenters. The number of aryl methyl sites for hydroxylation is 1. The molecule has 2 aromatic heterocycles. The Morgan fingerprint density at radius 2 is 2.10 bits per heavy atom. The van der Waals surface area contributed by atoms with Gasteiger partial charge >= 0.3 is 12.1 Å². The fourth-order valence-electron chi connectivity index (χ4n) is 1.40. The molecule has 5 nitrogen and oxygen atoms in total. The van der Waals surface area contributed by atoms with Gasteiger partial charge in [-0.15, -0.1) is 0 Å². The van der Waals surface area contributed by atoms with Gasteiger partial charge in [0.2, 0.25) is 0 Å². The molecule has 0 aromatic carbocycles. The first-order valence-corrected chi connectivity index (χ1v) is 6.07. The summed E-state index contributed by atoms with van der Waals surface area (Å²) in [6, 6.07) is 1.55. The number of carboxylic acid groups (broad SMARTS) is 1. The first-order chi connectivity index (χ1) is 9.27. The summed E-state index contributed by atoms with van der Waals surface area (Å²) >= 11 is 0.818. The van der Waals surface area contributed by atoms with Crippen LogP contribution in [0.5, 0.6) is 0 Å². The van der Waals surface area contributed by atoms with Gasteiger partial charge in [-0.2, -0.15) is 18.3 Å². The average Bonchev–Trinajstić information content (AvgIpc) is 2.73. The Morgan fingerprint density at radius 3 is 2.60 bits per heavy atom. The fourth-order valence-corrected chi connectivity index (χ4v) is 2.34. The summed E-state index contributed by atoms with van der Waals surface area (Å²) in [5, 5.41) is 12.6. The number of halogens is 3. The quantitative estimate of drug-likeness (QED) is 0.944. The van der Waals surface area contributed by atoms with Crippen LogP contribution in [0.1, 0.15) is 16.1 Å². The van der Waals surface area contributed by atoms with E-state index in [1.54, 1.807) is 13.2 Å². The van der Waals surface area contributed by atoms with Crippen LogP contribution >= 0.6 is 11.8 Å². The van der Waals surface area contributed by atoms with E-state index in [0.29, 0.717) is 11.0 Å². The zero-order valence-corrected chi connectivity index (χ0v) is 10.9. The Kier molecular flexibility index (Phi) is 3.71. The van der Waals surface area contributed by atoms with Crippen molar-refractivity contribution >= 4 is 17.7 Å². The zero-order chi connectivity index (χ0) is 14.9. The molecule has 20 heavy (non-hydrogen) atoms. The number of carbonyl (C=O) groups is 1. The van der Waals surface area contributed by atoms with E-state index in [2.05, 4.69) is 10.1 Å². The van der Waals surface area contributed by atoms with Gasteiger partial charge in [0.25, 0.3) is 0 Å². The van der Waals surface area contributed by atoms with Crippen molar-refractivity contribution in [3.8, 4) is 0 Å². The van der Waals surface area contributed by atoms with Crippen molar-refractivity contribution in [2.75, 3.05) is 0 Å². The zero-order valence-electron chi connectivity index (χ0n) is 10.0. The second-order valence-corrected chi connectivity index (χ2v) is 4.87. The van der Waals surface area contributed by atoms with Crippen LogP contribution in [0.4, 0.5) is 13.2 Å². The van der Waals surface area contributed by atoms with E-state index in [1.807, 2.05) is 0 Å². The molecule has 0 aliphatic carbocycles. The summed E-state index contributed by atoms with van der Waals surface area (Å²) in [5.41, 5.74) is -1.42. The molecule has 0 amide bonds. The van der Waals surface area contributed by atoms with Crippen LogP contribution in [0.2, 0.25) is 0 Å². The lowest BCUT2D eigenvalue weighted by atomic mass is 10.2. The SMILES string of the molecule is Cn1cc(Sc2nc(C(F)(F)F)ccc2C(=O)O)cn1. The van der Waals surface area contributed by atoms with Gasteiger partial charge < -0.3 is 5.11 Å². The predicted octanol–water partition coefficient (Wildman–Crippen LogP) is 2.68. The summed E-state index contributed by atoms with van der Waals surface area (Å²) < 4.78 is 39.3. The van der Waals surface area contributed by atoms with Gasteiger partial charge in [-0.25, -0.2) is 9.78 Å². The molecule has 0 saturated carbocycles. The van der Waals surface area contributed by atoms with Crippen molar-refractivity contribution in [1.29, 1.82) is 0 Å². The lowest BCUT2D eigenvalue weighted by Gasteiger charge is -2.09. The Balaban J connectivity index is 2.44. The normalized spacial score (nSPS) is 11.6. The van der Waals surface area contributed by atoms with Crippen molar-refractivity contribution in [3.63, 3.8) is 0 Å². The number of carboxylic acids is 1. The third kappa shape index (κ3) is 3.10. The summed E-state index contributed by atoms with van der Waals surface area (Å²) in [7, 11) is 1.64. The van der Waals surface area contributed by atoms with Crippen LogP contribution in [-0.4, -0.2) is 25.8 Å². The van der Waals surface area contributed by atoms with Gasteiger partial charge in [-0.3, -0.25) is 4.68 Å². The molecule has 0 bridgehead atoms. The highest BCUT2D eigenvalue weighted by molar-refractivity contribution is 7.99. The van der Waals surface area contributed by atoms with Gasteiger partial charge in [0.05, 0.1) is 16.7 Å². The maximum absolute atomic E-state index is 12.6. The lowest BCUT2D eigenvalue weighted by molar-refractivity contribution is -0.141. The molecular weight excluding hydrogens is 295 g/mol. The number of nitrogens with zero attached hydrogens (tertiary/aromatic N) is 3. The Morgan fingerprint density at radius 1 is 1.40 bits per heavy atom. The second-order valence-electron chi connectivity index (χ2n) is 3.80. The smallest absolute Gasteiger partial charge is 0.433 e. The molecule has 2 heterocycles. The Hall–Kier alpha value is -2.03. The second kappa shape index (κ2) is 5.16. The van der Waals surface area contributed by atoms with Crippen molar-refractivity contribution < 1.29 is 23.1 Å². The summed E-state index contributed by atoms with van der Waals surface area (Å²) in [5.74, 6) is -1.34. The van der Waals surface area contributed by atoms with Crippen LogP contribution in [0, 0.1) is 0 Å². The van der Waals surface area contributed by atoms with Crippen molar-refractivity contribution in [1.82, 2.24) is 14.8 Å². The number of aromatic carboxylic acids is 1. The minimum absolute atomic E-state index is 0.222. The molecule has 9 heteroatoms. The van der Waals surface area contributed by atoms with Crippen LogP contribution in [-0.2, 0) is 13.2 Å². The highest BCUT2D eigenvalue weighted by Crippen LogP contribution is 2.33. The van der Waals surface area contributed by atoms with Gasteiger partial charge in [-0.05, 0) is 12.1 Å². The van der Waals surface area contributed by atoms with E-state index >= 15 is 0 Å². The number of pyridine rings is 1. The van der Waals surface area contributed by atoms with E-state index in [0.717, 1.165) is 17.8 Å². The molecule has 106 valence electrons.